The lowest BCUT2D eigenvalue weighted by atomic mass is 9.97. The number of ether oxygens (including phenoxy) is 2. The maximum Gasteiger partial charge on any atom is 0.328 e. The van der Waals surface area contributed by atoms with Crippen LogP contribution in [-0.2, 0) is 25.7 Å². The number of nitrogens with zero attached hydrogens (tertiary/aromatic N) is 3. The number of fused-ring (bicyclic) bond motifs is 1. The molecular weight excluding hydrogens is 382 g/mol. The number of allylic oxidation sites excluding steroid dienone is 2. The van der Waals surface area contributed by atoms with Gasteiger partial charge in [-0.1, -0.05) is 23.7 Å². The van der Waals surface area contributed by atoms with E-state index in [9.17, 15) is 9.59 Å². The SMILES string of the molecule is COCc1nn2c([C@@H]3C(=O)C=C(C)OC3=O)ccnc2c1-c1cccc(Cl)c1. The molecule has 0 aliphatic carbocycles. The average Bonchev–Trinajstić information content (AvgIpc) is 3.00. The summed E-state index contributed by atoms with van der Waals surface area (Å²) in [7, 11) is 1.57. The first-order valence-corrected chi connectivity index (χ1v) is 8.92. The van der Waals surface area contributed by atoms with Crippen molar-refractivity contribution in [3.8, 4) is 11.1 Å². The monoisotopic (exact) mass is 397 g/mol. The fraction of sp³-hybridized carbons (Fsp3) is 0.200. The van der Waals surface area contributed by atoms with Gasteiger partial charge >= 0.3 is 5.97 Å². The van der Waals surface area contributed by atoms with Gasteiger partial charge in [0.1, 0.15) is 5.76 Å². The molecule has 0 N–H and O–H groups in total. The Morgan fingerprint density at radius 2 is 2.11 bits per heavy atom. The van der Waals surface area contributed by atoms with Gasteiger partial charge in [-0.3, -0.25) is 9.59 Å². The number of esters is 1. The molecule has 0 saturated heterocycles. The van der Waals surface area contributed by atoms with Gasteiger partial charge in [-0.25, -0.2) is 9.50 Å². The van der Waals surface area contributed by atoms with Gasteiger partial charge in [0.05, 0.1) is 23.6 Å². The van der Waals surface area contributed by atoms with Crippen molar-refractivity contribution < 1.29 is 19.1 Å². The molecule has 0 radical (unpaired) electrons. The smallest absolute Gasteiger partial charge is 0.328 e. The molecule has 28 heavy (non-hydrogen) atoms. The second-order valence-corrected chi connectivity index (χ2v) is 6.82. The summed E-state index contributed by atoms with van der Waals surface area (Å²) >= 11 is 6.16. The molecule has 0 saturated carbocycles. The third-order valence-electron chi connectivity index (χ3n) is 4.44. The Balaban J connectivity index is 1.96. The van der Waals surface area contributed by atoms with Crippen LogP contribution in [0.5, 0.6) is 0 Å². The van der Waals surface area contributed by atoms with Crippen LogP contribution in [0.15, 0.2) is 48.4 Å². The number of cyclic esters (lactones) is 1. The predicted molar refractivity (Wildman–Crippen MR) is 102 cm³/mol. The highest BCUT2D eigenvalue weighted by Crippen LogP contribution is 2.32. The lowest BCUT2D eigenvalue weighted by molar-refractivity contribution is -0.145. The third kappa shape index (κ3) is 3.08. The molecule has 0 amide bonds. The summed E-state index contributed by atoms with van der Waals surface area (Å²) in [5, 5.41) is 5.15. The zero-order valence-corrected chi connectivity index (χ0v) is 15.9. The lowest BCUT2D eigenvalue weighted by Gasteiger charge is -2.18. The summed E-state index contributed by atoms with van der Waals surface area (Å²) in [5.41, 5.74) is 3.04. The number of aromatic nitrogens is 3. The molecule has 0 fully saturated rings. The summed E-state index contributed by atoms with van der Waals surface area (Å²) in [5.74, 6) is -1.81. The minimum Gasteiger partial charge on any atom is -0.430 e. The van der Waals surface area contributed by atoms with Gasteiger partial charge in [-0.2, -0.15) is 5.10 Å². The summed E-state index contributed by atoms with van der Waals surface area (Å²) in [6, 6.07) is 8.89. The van der Waals surface area contributed by atoms with Crippen molar-refractivity contribution in [2.24, 2.45) is 0 Å². The molecule has 1 atom stereocenters. The van der Waals surface area contributed by atoms with E-state index in [0.717, 1.165) is 11.1 Å². The van der Waals surface area contributed by atoms with Crippen molar-refractivity contribution in [1.29, 1.82) is 0 Å². The van der Waals surface area contributed by atoms with E-state index in [1.807, 2.05) is 12.1 Å². The number of carbonyl (C=O) groups is 2. The minimum absolute atomic E-state index is 0.229. The number of halogens is 1. The van der Waals surface area contributed by atoms with Gasteiger partial charge in [0.2, 0.25) is 0 Å². The first-order chi connectivity index (χ1) is 13.5. The largest absolute Gasteiger partial charge is 0.430 e. The highest BCUT2D eigenvalue weighted by molar-refractivity contribution is 6.30. The number of methoxy groups -OCH3 is 1. The summed E-state index contributed by atoms with van der Waals surface area (Å²) < 4.78 is 11.9. The van der Waals surface area contributed by atoms with Crippen LogP contribution < -0.4 is 0 Å². The van der Waals surface area contributed by atoms with Crippen LogP contribution in [0.3, 0.4) is 0 Å². The molecule has 7 nitrogen and oxygen atoms in total. The standard InChI is InChI=1S/C20H16ClN3O4/c1-11-8-16(25)18(20(26)28-11)15-6-7-22-19-17(12-4-3-5-13(21)9-12)14(10-27-2)23-24(15)19/h3-9,18H,10H2,1-2H3/t18-/m1/s1. The van der Waals surface area contributed by atoms with Crippen LogP contribution in [0.4, 0.5) is 0 Å². The van der Waals surface area contributed by atoms with Crippen molar-refractivity contribution >= 4 is 29.0 Å². The Kier molecular flexibility index (Phi) is 4.70. The number of rotatable bonds is 4. The van der Waals surface area contributed by atoms with E-state index >= 15 is 0 Å². The van der Waals surface area contributed by atoms with Gasteiger partial charge in [-0.05, 0) is 30.7 Å². The number of carbonyl (C=O) groups excluding carboxylic acids is 2. The third-order valence-corrected chi connectivity index (χ3v) is 4.67. The van der Waals surface area contributed by atoms with Gasteiger partial charge in [0.15, 0.2) is 17.3 Å². The highest BCUT2D eigenvalue weighted by atomic mass is 35.5. The van der Waals surface area contributed by atoms with Gasteiger partial charge < -0.3 is 9.47 Å². The quantitative estimate of drug-likeness (QED) is 0.496. The lowest BCUT2D eigenvalue weighted by Crippen LogP contribution is -2.28. The zero-order valence-electron chi connectivity index (χ0n) is 15.2. The van der Waals surface area contributed by atoms with Crippen LogP contribution in [0, 0.1) is 0 Å². The zero-order chi connectivity index (χ0) is 19.8. The molecule has 1 aromatic carbocycles. The van der Waals surface area contributed by atoms with E-state index in [0.29, 0.717) is 22.1 Å². The molecule has 3 heterocycles. The van der Waals surface area contributed by atoms with Crippen LogP contribution in [0.25, 0.3) is 16.8 Å². The molecule has 2 aromatic heterocycles. The number of ketones is 1. The number of hydrogen-bond acceptors (Lipinski definition) is 6. The van der Waals surface area contributed by atoms with Crippen LogP contribution in [-0.4, -0.2) is 33.5 Å². The summed E-state index contributed by atoms with van der Waals surface area (Å²) in [4.78, 5) is 29.3. The Morgan fingerprint density at radius 3 is 2.82 bits per heavy atom. The topological polar surface area (TPSA) is 82.8 Å². The minimum atomic E-state index is -1.10. The average molecular weight is 398 g/mol. The predicted octanol–water partition coefficient (Wildman–Crippen LogP) is 3.31. The summed E-state index contributed by atoms with van der Waals surface area (Å²) in [6.07, 6.45) is 2.86. The molecule has 1 aliphatic rings. The molecule has 4 rings (SSSR count). The Bertz CT molecular complexity index is 1140. The number of hydrogen-bond donors (Lipinski definition) is 0. The molecule has 8 heteroatoms. The normalized spacial score (nSPS) is 17.0. The Hall–Kier alpha value is -3.03. The Labute approximate surface area is 165 Å². The molecule has 0 bridgehead atoms. The fourth-order valence-corrected chi connectivity index (χ4v) is 3.51. The first kappa shape index (κ1) is 18.3. The molecule has 142 valence electrons. The molecule has 3 aromatic rings. The molecule has 0 unspecified atom stereocenters. The van der Waals surface area contributed by atoms with Gasteiger partial charge in [-0.15, -0.1) is 0 Å². The van der Waals surface area contributed by atoms with Crippen molar-refractivity contribution in [3.05, 3.63) is 64.8 Å². The molecule has 0 spiro atoms. The van der Waals surface area contributed by atoms with E-state index in [2.05, 4.69) is 10.1 Å². The second kappa shape index (κ2) is 7.18. The van der Waals surface area contributed by atoms with Crippen molar-refractivity contribution in [1.82, 2.24) is 14.6 Å². The Morgan fingerprint density at radius 1 is 1.29 bits per heavy atom. The van der Waals surface area contributed by atoms with Crippen LogP contribution in [0.2, 0.25) is 5.02 Å². The fourth-order valence-electron chi connectivity index (χ4n) is 3.32. The number of benzene rings is 1. The molecular formula is C20H16ClN3O4. The maximum atomic E-state index is 12.5. The van der Waals surface area contributed by atoms with E-state index in [1.54, 1.807) is 38.4 Å². The van der Waals surface area contributed by atoms with Gasteiger partial charge in [0, 0.05) is 24.4 Å². The maximum absolute atomic E-state index is 12.5. The van der Waals surface area contributed by atoms with E-state index < -0.39 is 11.9 Å². The molecule has 1 aliphatic heterocycles. The van der Waals surface area contributed by atoms with Crippen LogP contribution >= 0.6 is 11.6 Å². The second-order valence-electron chi connectivity index (χ2n) is 6.38. The van der Waals surface area contributed by atoms with E-state index in [4.69, 9.17) is 21.1 Å². The van der Waals surface area contributed by atoms with Crippen LogP contribution in [0.1, 0.15) is 24.2 Å². The summed E-state index contributed by atoms with van der Waals surface area (Å²) in [6.45, 7) is 1.79. The van der Waals surface area contributed by atoms with Gasteiger partial charge in [0.25, 0.3) is 0 Å². The van der Waals surface area contributed by atoms with Crippen molar-refractivity contribution in [2.45, 2.75) is 19.4 Å². The highest BCUT2D eigenvalue weighted by Gasteiger charge is 2.35. The van der Waals surface area contributed by atoms with Crippen molar-refractivity contribution in [3.63, 3.8) is 0 Å². The first-order valence-electron chi connectivity index (χ1n) is 8.55. The van der Waals surface area contributed by atoms with E-state index in [1.165, 1.54) is 10.6 Å². The van der Waals surface area contributed by atoms with E-state index in [-0.39, 0.29) is 18.1 Å². The van der Waals surface area contributed by atoms with Crippen molar-refractivity contribution in [2.75, 3.05) is 7.11 Å².